The van der Waals surface area contributed by atoms with Crippen LogP contribution in [0.2, 0.25) is 0 Å². The van der Waals surface area contributed by atoms with Gasteiger partial charge in [-0.3, -0.25) is 9.59 Å². The fourth-order valence-corrected chi connectivity index (χ4v) is 1.49. The second-order valence-corrected chi connectivity index (χ2v) is 5.99. The van der Waals surface area contributed by atoms with Crippen molar-refractivity contribution in [2.24, 2.45) is 0 Å². The molecule has 3 N–H and O–H groups in total. The van der Waals surface area contributed by atoms with Crippen LogP contribution in [-0.2, 0) is 9.59 Å². The molecule has 116 valence electrons. The number of aliphatic carboxylic acids is 1. The topological polar surface area (TPSA) is 98.7 Å². The van der Waals surface area contributed by atoms with E-state index in [0.717, 1.165) is 0 Å². The van der Waals surface area contributed by atoms with Crippen molar-refractivity contribution in [3.8, 4) is 0 Å². The second kappa shape index (κ2) is 7.12. The van der Waals surface area contributed by atoms with Gasteiger partial charge in [0.05, 0.1) is 0 Å². The summed E-state index contributed by atoms with van der Waals surface area (Å²) in [6.45, 7) is 9.96. The number of carboxylic acids is 1. The molecule has 7 nitrogen and oxygen atoms in total. The Kier molecular flexibility index (Phi) is 6.48. The van der Waals surface area contributed by atoms with Crippen LogP contribution in [0.15, 0.2) is 0 Å². The van der Waals surface area contributed by atoms with Crippen LogP contribution in [0, 0.1) is 0 Å². The van der Waals surface area contributed by atoms with Gasteiger partial charge in [0.15, 0.2) is 0 Å². The van der Waals surface area contributed by atoms with Crippen molar-refractivity contribution >= 4 is 17.9 Å². The second-order valence-electron chi connectivity index (χ2n) is 5.99. The predicted octanol–water partition coefficient (Wildman–Crippen LogP) is 0.794. The largest absolute Gasteiger partial charge is 0.480 e. The molecule has 20 heavy (non-hydrogen) atoms. The summed E-state index contributed by atoms with van der Waals surface area (Å²) in [5.41, 5.74) is -0.656. The fourth-order valence-electron chi connectivity index (χ4n) is 1.49. The van der Waals surface area contributed by atoms with Crippen molar-refractivity contribution in [2.45, 2.75) is 59.2 Å². The summed E-state index contributed by atoms with van der Waals surface area (Å²) >= 11 is 0. The Bertz CT molecular complexity index is 374. The summed E-state index contributed by atoms with van der Waals surface area (Å²) in [6, 6.07) is -1.34. The van der Waals surface area contributed by atoms with Gasteiger partial charge in [-0.25, -0.2) is 4.79 Å². The van der Waals surface area contributed by atoms with Crippen molar-refractivity contribution in [1.82, 2.24) is 15.5 Å². The molecular weight excluding hydrogens is 262 g/mol. The van der Waals surface area contributed by atoms with E-state index in [0.29, 0.717) is 0 Å². The molecule has 0 rings (SSSR count). The summed E-state index contributed by atoms with van der Waals surface area (Å²) in [5.74, 6) is -1.41. The van der Waals surface area contributed by atoms with Crippen LogP contribution < -0.4 is 10.6 Å². The van der Waals surface area contributed by atoms with E-state index < -0.39 is 30.1 Å². The number of carboxylic acid groups (broad SMARTS) is 1. The summed E-state index contributed by atoms with van der Waals surface area (Å²) in [6.07, 6.45) is 0. The summed E-state index contributed by atoms with van der Waals surface area (Å²) in [5, 5.41) is 14.0. The molecular formula is C13H25N3O4. The molecule has 0 saturated carbocycles. The highest BCUT2D eigenvalue weighted by molar-refractivity contribution is 5.88. The number of carbonyl (C=O) groups excluding carboxylic acids is 2. The van der Waals surface area contributed by atoms with Gasteiger partial charge in [-0.05, 0) is 41.5 Å². The lowest BCUT2D eigenvalue weighted by molar-refractivity contribution is -0.138. The molecule has 0 aromatic rings. The van der Waals surface area contributed by atoms with E-state index in [-0.39, 0.29) is 11.9 Å². The molecule has 0 spiro atoms. The standard InChI is InChI=1S/C13H25N3O4/c1-8(2)14-11(19)9(3)15-12(20)16(7-10(17)18)13(4,5)6/h8-9H,7H2,1-6H3,(H,14,19)(H,15,20)(H,17,18). The first-order valence-electron chi connectivity index (χ1n) is 6.55. The Labute approximate surface area is 119 Å². The quantitative estimate of drug-likeness (QED) is 0.696. The molecule has 0 heterocycles. The molecule has 1 atom stereocenters. The van der Waals surface area contributed by atoms with Crippen LogP contribution in [0.1, 0.15) is 41.5 Å². The van der Waals surface area contributed by atoms with Gasteiger partial charge in [-0.2, -0.15) is 0 Å². The van der Waals surface area contributed by atoms with Crippen molar-refractivity contribution in [1.29, 1.82) is 0 Å². The number of rotatable bonds is 5. The van der Waals surface area contributed by atoms with Crippen LogP contribution >= 0.6 is 0 Å². The first-order valence-corrected chi connectivity index (χ1v) is 6.55. The van der Waals surface area contributed by atoms with E-state index >= 15 is 0 Å². The van der Waals surface area contributed by atoms with E-state index in [1.165, 1.54) is 4.90 Å². The molecule has 0 aromatic heterocycles. The van der Waals surface area contributed by atoms with Gasteiger partial charge in [0.1, 0.15) is 12.6 Å². The number of carbonyl (C=O) groups is 3. The number of nitrogens with one attached hydrogen (secondary N) is 2. The Morgan fingerprint density at radius 3 is 1.95 bits per heavy atom. The third-order valence-corrected chi connectivity index (χ3v) is 2.51. The minimum absolute atomic E-state index is 0.0282. The first-order chi connectivity index (χ1) is 8.95. The third kappa shape index (κ3) is 6.40. The van der Waals surface area contributed by atoms with Crippen LogP contribution in [0.5, 0.6) is 0 Å². The molecule has 0 saturated heterocycles. The highest BCUT2D eigenvalue weighted by Crippen LogP contribution is 2.13. The van der Waals surface area contributed by atoms with Crippen LogP contribution in [0.3, 0.4) is 0 Å². The monoisotopic (exact) mass is 287 g/mol. The normalized spacial score (nSPS) is 12.8. The van der Waals surface area contributed by atoms with Crippen LogP contribution in [0.4, 0.5) is 4.79 Å². The molecule has 0 aliphatic rings. The van der Waals surface area contributed by atoms with Crippen LogP contribution in [-0.4, -0.2) is 52.1 Å². The first kappa shape index (κ1) is 18.2. The van der Waals surface area contributed by atoms with Gasteiger partial charge in [0.2, 0.25) is 5.91 Å². The van der Waals surface area contributed by atoms with Crippen molar-refractivity contribution in [3.63, 3.8) is 0 Å². The zero-order valence-corrected chi connectivity index (χ0v) is 13.0. The van der Waals surface area contributed by atoms with E-state index in [4.69, 9.17) is 5.11 Å². The van der Waals surface area contributed by atoms with Crippen LogP contribution in [0.25, 0.3) is 0 Å². The average Bonchev–Trinajstić information content (AvgIpc) is 2.22. The summed E-state index contributed by atoms with van der Waals surface area (Å²) in [7, 11) is 0. The molecule has 1 unspecified atom stereocenters. The highest BCUT2D eigenvalue weighted by atomic mass is 16.4. The number of amides is 3. The average molecular weight is 287 g/mol. The molecule has 0 radical (unpaired) electrons. The van der Waals surface area contributed by atoms with E-state index in [1.54, 1.807) is 27.7 Å². The van der Waals surface area contributed by atoms with E-state index in [9.17, 15) is 14.4 Å². The maximum Gasteiger partial charge on any atom is 0.323 e. The smallest absolute Gasteiger partial charge is 0.323 e. The van der Waals surface area contributed by atoms with Crippen molar-refractivity contribution < 1.29 is 19.5 Å². The van der Waals surface area contributed by atoms with Crippen molar-refractivity contribution in [3.05, 3.63) is 0 Å². The zero-order valence-electron chi connectivity index (χ0n) is 13.0. The Morgan fingerprint density at radius 1 is 1.10 bits per heavy atom. The fraction of sp³-hybridized carbons (Fsp3) is 0.769. The maximum absolute atomic E-state index is 12.1. The SMILES string of the molecule is CC(C)NC(=O)C(C)NC(=O)N(CC(=O)O)C(C)(C)C. The molecule has 7 heteroatoms. The molecule has 0 aromatic carbocycles. The molecule has 0 fully saturated rings. The van der Waals surface area contributed by atoms with Gasteiger partial charge >= 0.3 is 12.0 Å². The third-order valence-electron chi connectivity index (χ3n) is 2.51. The Morgan fingerprint density at radius 2 is 1.60 bits per heavy atom. The lowest BCUT2D eigenvalue weighted by atomic mass is 10.1. The molecule has 0 aliphatic carbocycles. The maximum atomic E-state index is 12.1. The number of hydrogen-bond donors (Lipinski definition) is 3. The van der Waals surface area contributed by atoms with E-state index in [1.807, 2.05) is 13.8 Å². The lowest BCUT2D eigenvalue weighted by Gasteiger charge is -2.35. The summed E-state index contributed by atoms with van der Waals surface area (Å²) < 4.78 is 0. The van der Waals surface area contributed by atoms with Gasteiger partial charge in [0, 0.05) is 11.6 Å². The van der Waals surface area contributed by atoms with Gasteiger partial charge in [0.25, 0.3) is 0 Å². The zero-order chi connectivity index (χ0) is 16.1. The number of urea groups is 1. The molecule has 3 amide bonds. The molecule has 0 bridgehead atoms. The van der Waals surface area contributed by atoms with Gasteiger partial charge < -0.3 is 20.6 Å². The predicted molar refractivity (Wildman–Crippen MR) is 75.4 cm³/mol. The summed E-state index contributed by atoms with van der Waals surface area (Å²) in [4.78, 5) is 35.8. The van der Waals surface area contributed by atoms with Gasteiger partial charge in [-0.15, -0.1) is 0 Å². The Hall–Kier alpha value is -1.79. The number of hydrogen-bond acceptors (Lipinski definition) is 3. The van der Waals surface area contributed by atoms with Gasteiger partial charge in [-0.1, -0.05) is 0 Å². The number of nitrogens with zero attached hydrogens (tertiary/aromatic N) is 1. The Balaban J connectivity index is 4.76. The highest BCUT2D eigenvalue weighted by Gasteiger charge is 2.30. The van der Waals surface area contributed by atoms with E-state index in [2.05, 4.69) is 10.6 Å². The minimum Gasteiger partial charge on any atom is -0.480 e. The van der Waals surface area contributed by atoms with Crippen molar-refractivity contribution in [2.75, 3.05) is 6.54 Å². The minimum atomic E-state index is -1.10. The lowest BCUT2D eigenvalue weighted by Crippen LogP contribution is -2.56. The molecule has 0 aliphatic heterocycles.